The molecule has 1 unspecified atom stereocenters. The molecule has 0 aliphatic carbocycles. The Kier molecular flexibility index (Phi) is 5.59. The van der Waals surface area contributed by atoms with Crippen LogP contribution in [0.5, 0.6) is 0 Å². The van der Waals surface area contributed by atoms with Crippen molar-refractivity contribution < 1.29 is 23.5 Å². The molecule has 1 aromatic carbocycles. The Balaban J connectivity index is 1.42. The van der Waals surface area contributed by atoms with Crippen LogP contribution < -0.4 is 5.32 Å². The molecule has 152 valence electrons. The molecule has 1 N–H and O–H groups in total. The normalized spacial score (nSPS) is 16.3. The summed E-state index contributed by atoms with van der Waals surface area (Å²) in [4.78, 5) is 25.4. The van der Waals surface area contributed by atoms with Gasteiger partial charge in [-0.2, -0.15) is 5.10 Å². The quantitative estimate of drug-likeness (QED) is 0.624. The molecular formula is C20H20FN3O4S. The van der Waals surface area contributed by atoms with Gasteiger partial charge in [-0.05, 0) is 50.1 Å². The zero-order valence-corrected chi connectivity index (χ0v) is 16.6. The summed E-state index contributed by atoms with van der Waals surface area (Å²) >= 11 is 1.22. The molecule has 0 bridgehead atoms. The van der Waals surface area contributed by atoms with Gasteiger partial charge >= 0.3 is 5.97 Å². The van der Waals surface area contributed by atoms with Crippen LogP contribution >= 0.6 is 11.3 Å². The number of thiophene rings is 1. The van der Waals surface area contributed by atoms with Crippen molar-refractivity contribution in [3.63, 3.8) is 0 Å². The Morgan fingerprint density at radius 1 is 1.38 bits per heavy atom. The van der Waals surface area contributed by atoms with Crippen LogP contribution in [0.1, 0.15) is 28.2 Å². The van der Waals surface area contributed by atoms with Gasteiger partial charge in [-0.25, -0.2) is 13.9 Å². The van der Waals surface area contributed by atoms with E-state index in [9.17, 15) is 14.0 Å². The van der Waals surface area contributed by atoms with Crippen LogP contribution in [0.3, 0.4) is 0 Å². The molecule has 29 heavy (non-hydrogen) atoms. The highest BCUT2D eigenvalue weighted by molar-refractivity contribution is 7.20. The monoisotopic (exact) mass is 417 g/mol. The Morgan fingerprint density at radius 3 is 2.90 bits per heavy atom. The number of rotatable bonds is 6. The molecule has 1 amide bonds. The first-order valence-electron chi connectivity index (χ1n) is 9.32. The number of aryl methyl sites for hydroxylation is 1. The number of amides is 1. The standard InChI is InChI=1S/C20H20FN3O4S/c1-12-16-9-17(20(26)28-11-18(25)22-10-15-3-2-8-27-15)29-19(16)24(23-12)14-6-4-13(21)5-7-14/h4-7,9,15H,2-3,8,10-11H2,1H3,(H,22,25). The van der Waals surface area contributed by atoms with E-state index in [4.69, 9.17) is 9.47 Å². The van der Waals surface area contributed by atoms with Crippen LogP contribution in [-0.2, 0) is 14.3 Å². The number of aromatic nitrogens is 2. The highest BCUT2D eigenvalue weighted by Crippen LogP contribution is 2.30. The molecule has 1 aliphatic heterocycles. The van der Waals surface area contributed by atoms with E-state index in [-0.39, 0.29) is 24.4 Å². The van der Waals surface area contributed by atoms with Crippen molar-refractivity contribution in [3.05, 3.63) is 46.7 Å². The van der Waals surface area contributed by atoms with E-state index in [1.54, 1.807) is 22.9 Å². The van der Waals surface area contributed by atoms with Gasteiger partial charge in [0, 0.05) is 18.5 Å². The van der Waals surface area contributed by atoms with E-state index in [2.05, 4.69) is 10.4 Å². The maximum absolute atomic E-state index is 13.2. The Labute approximate surface area is 170 Å². The van der Waals surface area contributed by atoms with Crippen LogP contribution in [0, 0.1) is 12.7 Å². The van der Waals surface area contributed by atoms with Crippen molar-refractivity contribution in [3.8, 4) is 5.69 Å². The predicted molar refractivity (Wildman–Crippen MR) is 106 cm³/mol. The Bertz CT molecular complexity index is 1040. The van der Waals surface area contributed by atoms with Crippen molar-refractivity contribution >= 4 is 33.4 Å². The molecule has 3 heterocycles. The first-order valence-corrected chi connectivity index (χ1v) is 10.1. The topological polar surface area (TPSA) is 82.5 Å². The molecule has 1 fully saturated rings. The molecule has 2 aromatic heterocycles. The van der Waals surface area contributed by atoms with E-state index >= 15 is 0 Å². The van der Waals surface area contributed by atoms with Gasteiger partial charge in [-0.3, -0.25) is 4.79 Å². The number of benzene rings is 1. The lowest BCUT2D eigenvalue weighted by molar-refractivity contribution is -0.124. The fourth-order valence-corrected chi connectivity index (χ4v) is 4.27. The first-order chi connectivity index (χ1) is 14.0. The van der Waals surface area contributed by atoms with Gasteiger partial charge in [0.05, 0.1) is 17.5 Å². The number of hydrogen-bond acceptors (Lipinski definition) is 6. The summed E-state index contributed by atoms with van der Waals surface area (Å²) in [5, 5.41) is 7.99. The average molecular weight is 417 g/mol. The lowest BCUT2D eigenvalue weighted by atomic mass is 10.2. The maximum atomic E-state index is 13.2. The smallest absolute Gasteiger partial charge is 0.348 e. The van der Waals surface area contributed by atoms with Crippen LogP contribution in [0.25, 0.3) is 15.9 Å². The van der Waals surface area contributed by atoms with Gasteiger partial charge in [0.15, 0.2) is 6.61 Å². The summed E-state index contributed by atoms with van der Waals surface area (Å²) in [6, 6.07) is 7.66. The number of fused-ring (bicyclic) bond motifs is 1. The van der Waals surface area contributed by atoms with Crippen molar-refractivity contribution in [1.82, 2.24) is 15.1 Å². The van der Waals surface area contributed by atoms with Gasteiger partial charge in [-0.1, -0.05) is 0 Å². The van der Waals surface area contributed by atoms with Crippen LogP contribution in [0.4, 0.5) is 4.39 Å². The largest absolute Gasteiger partial charge is 0.451 e. The molecule has 1 atom stereocenters. The number of hydrogen-bond donors (Lipinski definition) is 1. The second-order valence-electron chi connectivity index (χ2n) is 6.82. The van der Waals surface area contributed by atoms with Gasteiger partial charge in [-0.15, -0.1) is 11.3 Å². The summed E-state index contributed by atoms with van der Waals surface area (Å²) < 4.78 is 25.4. The van der Waals surface area contributed by atoms with Crippen molar-refractivity contribution in [2.75, 3.05) is 19.8 Å². The number of carbonyl (C=O) groups excluding carboxylic acids is 2. The highest BCUT2D eigenvalue weighted by Gasteiger charge is 2.20. The van der Waals surface area contributed by atoms with Gasteiger partial charge in [0.1, 0.15) is 15.5 Å². The molecule has 3 aromatic rings. The number of carbonyl (C=O) groups is 2. The molecule has 0 saturated carbocycles. The molecular weight excluding hydrogens is 397 g/mol. The van der Waals surface area contributed by atoms with Gasteiger partial charge in [0.25, 0.3) is 5.91 Å². The van der Waals surface area contributed by atoms with Crippen LogP contribution in [0.2, 0.25) is 0 Å². The molecule has 4 rings (SSSR count). The second kappa shape index (κ2) is 8.30. The molecule has 9 heteroatoms. The Hall–Kier alpha value is -2.78. The number of halogens is 1. The zero-order chi connectivity index (χ0) is 20.4. The van der Waals surface area contributed by atoms with Crippen molar-refractivity contribution in [1.29, 1.82) is 0 Å². The fourth-order valence-electron chi connectivity index (χ4n) is 3.19. The van der Waals surface area contributed by atoms with Crippen LogP contribution in [0.15, 0.2) is 30.3 Å². The molecule has 1 saturated heterocycles. The fraction of sp³-hybridized carbons (Fsp3) is 0.350. The van der Waals surface area contributed by atoms with Crippen molar-refractivity contribution in [2.45, 2.75) is 25.9 Å². The van der Waals surface area contributed by atoms with E-state index in [0.29, 0.717) is 17.1 Å². The minimum absolute atomic E-state index is 0.0367. The third-order valence-corrected chi connectivity index (χ3v) is 5.79. The third-order valence-electron chi connectivity index (χ3n) is 4.70. The van der Waals surface area contributed by atoms with Crippen molar-refractivity contribution in [2.24, 2.45) is 0 Å². The van der Waals surface area contributed by atoms with E-state index in [1.165, 1.54) is 23.5 Å². The summed E-state index contributed by atoms with van der Waals surface area (Å²) in [5.74, 6) is -1.26. The van der Waals surface area contributed by atoms with E-state index < -0.39 is 5.97 Å². The van der Waals surface area contributed by atoms with Crippen LogP contribution in [-0.4, -0.2) is 47.5 Å². The maximum Gasteiger partial charge on any atom is 0.348 e. The molecule has 7 nitrogen and oxygen atoms in total. The van der Waals surface area contributed by atoms with Gasteiger partial charge < -0.3 is 14.8 Å². The summed E-state index contributed by atoms with van der Waals surface area (Å²) in [5.41, 5.74) is 1.44. The number of esters is 1. The van der Waals surface area contributed by atoms with E-state index in [0.717, 1.165) is 35.4 Å². The lowest BCUT2D eigenvalue weighted by Gasteiger charge is -2.10. The Morgan fingerprint density at radius 2 is 2.17 bits per heavy atom. The molecule has 0 radical (unpaired) electrons. The second-order valence-corrected chi connectivity index (χ2v) is 7.85. The van der Waals surface area contributed by atoms with Gasteiger partial charge in [0.2, 0.25) is 0 Å². The predicted octanol–water partition coefficient (Wildman–Crippen LogP) is 2.99. The minimum Gasteiger partial charge on any atom is -0.451 e. The highest BCUT2D eigenvalue weighted by atomic mass is 32.1. The minimum atomic E-state index is -0.566. The third kappa shape index (κ3) is 4.30. The first kappa shape index (κ1) is 19.5. The lowest BCUT2D eigenvalue weighted by Crippen LogP contribution is -2.34. The summed E-state index contributed by atoms with van der Waals surface area (Å²) in [7, 11) is 0. The SMILES string of the molecule is Cc1nn(-c2ccc(F)cc2)c2sc(C(=O)OCC(=O)NCC3CCCO3)cc12. The molecule has 1 aliphatic rings. The zero-order valence-electron chi connectivity index (χ0n) is 15.8. The summed E-state index contributed by atoms with van der Waals surface area (Å²) in [6.07, 6.45) is 1.96. The van der Waals surface area contributed by atoms with E-state index in [1.807, 2.05) is 6.92 Å². The number of nitrogens with zero attached hydrogens (tertiary/aromatic N) is 2. The average Bonchev–Trinajstić information content (AvgIpc) is 3.44. The number of nitrogens with one attached hydrogen (secondary N) is 1. The number of ether oxygens (including phenoxy) is 2. The molecule has 0 spiro atoms. The summed E-state index contributed by atoms with van der Waals surface area (Å²) in [6.45, 7) is 2.63.